The number of aryl methyl sites for hydroxylation is 1. The molecule has 1 atom stereocenters. The lowest BCUT2D eigenvalue weighted by Crippen LogP contribution is -2.32. The van der Waals surface area contributed by atoms with Crippen molar-refractivity contribution in [1.29, 1.82) is 0 Å². The summed E-state index contributed by atoms with van der Waals surface area (Å²) in [6.45, 7) is 1.96. The van der Waals surface area contributed by atoms with Crippen LogP contribution in [0.15, 0.2) is 78.9 Å². The van der Waals surface area contributed by atoms with E-state index in [2.05, 4.69) is 22.8 Å². The number of hydrogen-bond donors (Lipinski definition) is 2. The average Bonchev–Trinajstić information content (AvgIpc) is 2.78. The number of nitrogens with one attached hydrogen (secondary N) is 2. The Morgan fingerprint density at radius 2 is 1.55 bits per heavy atom. The number of benzene rings is 3. The molecule has 0 aromatic heterocycles. The van der Waals surface area contributed by atoms with Crippen LogP contribution in [0, 0.1) is 10.1 Å². The minimum absolute atomic E-state index is 0.00529. The third-order valence-electron chi connectivity index (χ3n) is 4.84. The molecule has 0 aliphatic heterocycles. The van der Waals surface area contributed by atoms with Gasteiger partial charge in [0, 0.05) is 23.4 Å². The van der Waals surface area contributed by atoms with Crippen LogP contribution >= 0.6 is 0 Å². The normalized spacial score (nSPS) is 11.4. The standard InChI is InChI=1S/C24H23N3O4/c1-17(11-12-18-7-3-2-4-8-18)25-23(28)19-13-15-20(16-14-19)26-24(29)21-9-5-6-10-22(21)27(30)31/h2-10,13-17H,11-12H2,1H3,(H,25,28)(H,26,29). The Hall–Kier alpha value is -4.00. The lowest BCUT2D eigenvalue weighted by molar-refractivity contribution is -0.385. The topological polar surface area (TPSA) is 101 Å². The summed E-state index contributed by atoms with van der Waals surface area (Å²) in [7, 11) is 0. The SMILES string of the molecule is CC(CCc1ccccc1)NC(=O)c1ccc(NC(=O)c2ccccc2[N+](=O)[O-])cc1. The monoisotopic (exact) mass is 417 g/mol. The van der Waals surface area contributed by atoms with Gasteiger partial charge in [-0.3, -0.25) is 19.7 Å². The van der Waals surface area contributed by atoms with E-state index in [-0.39, 0.29) is 23.2 Å². The molecule has 3 aromatic rings. The Morgan fingerprint density at radius 3 is 2.23 bits per heavy atom. The molecule has 31 heavy (non-hydrogen) atoms. The maximum Gasteiger partial charge on any atom is 0.282 e. The van der Waals surface area contributed by atoms with Crippen molar-refractivity contribution in [3.8, 4) is 0 Å². The maximum absolute atomic E-state index is 12.5. The minimum atomic E-state index is -0.596. The number of nitrogens with zero attached hydrogens (tertiary/aromatic N) is 1. The summed E-state index contributed by atoms with van der Waals surface area (Å²) in [6, 6.07) is 22.2. The van der Waals surface area contributed by atoms with E-state index in [1.807, 2.05) is 25.1 Å². The molecule has 3 aromatic carbocycles. The van der Waals surface area contributed by atoms with E-state index >= 15 is 0 Å². The van der Waals surface area contributed by atoms with E-state index in [0.29, 0.717) is 11.3 Å². The summed E-state index contributed by atoms with van der Waals surface area (Å²) in [4.78, 5) is 35.4. The van der Waals surface area contributed by atoms with Gasteiger partial charge in [0.15, 0.2) is 0 Å². The quantitative estimate of drug-likeness (QED) is 0.413. The zero-order valence-electron chi connectivity index (χ0n) is 17.1. The first kappa shape index (κ1) is 21.7. The van der Waals surface area contributed by atoms with Crippen LogP contribution < -0.4 is 10.6 Å². The van der Waals surface area contributed by atoms with Gasteiger partial charge in [-0.05, 0) is 55.7 Å². The van der Waals surface area contributed by atoms with E-state index in [1.54, 1.807) is 30.3 Å². The molecule has 1 unspecified atom stereocenters. The molecule has 7 heteroatoms. The smallest absolute Gasteiger partial charge is 0.282 e. The summed E-state index contributed by atoms with van der Waals surface area (Å²) in [5.41, 5.74) is 1.84. The van der Waals surface area contributed by atoms with Gasteiger partial charge >= 0.3 is 0 Å². The van der Waals surface area contributed by atoms with Crippen molar-refractivity contribution in [3.63, 3.8) is 0 Å². The van der Waals surface area contributed by atoms with Crippen LogP contribution in [-0.2, 0) is 6.42 Å². The van der Waals surface area contributed by atoms with Gasteiger partial charge in [-0.15, -0.1) is 0 Å². The minimum Gasteiger partial charge on any atom is -0.350 e. The number of amides is 2. The fourth-order valence-corrected chi connectivity index (χ4v) is 3.14. The van der Waals surface area contributed by atoms with E-state index in [4.69, 9.17) is 0 Å². The van der Waals surface area contributed by atoms with Crippen molar-refractivity contribution in [2.24, 2.45) is 0 Å². The molecule has 0 heterocycles. The molecule has 2 N–H and O–H groups in total. The molecule has 0 saturated heterocycles. The van der Waals surface area contributed by atoms with Gasteiger partial charge in [0.25, 0.3) is 17.5 Å². The summed E-state index contributed by atoms with van der Waals surface area (Å²) >= 11 is 0. The average molecular weight is 417 g/mol. The zero-order chi connectivity index (χ0) is 22.2. The van der Waals surface area contributed by atoms with Crippen molar-refractivity contribution < 1.29 is 14.5 Å². The molecule has 0 bridgehead atoms. The predicted molar refractivity (Wildman–Crippen MR) is 119 cm³/mol. The number of nitro groups is 1. The zero-order valence-corrected chi connectivity index (χ0v) is 17.1. The highest BCUT2D eigenvalue weighted by Gasteiger charge is 2.19. The van der Waals surface area contributed by atoms with E-state index in [0.717, 1.165) is 12.8 Å². The molecular formula is C24H23N3O4. The van der Waals surface area contributed by atoms with Crippen molar-refractivity contribution in [3.05, 3.63) is 106 Å². The van der Waals surface area contributed by atoms with E-state index in [9.17, 15) is 19.7 Å². The maximum atomic E-state index is 12.5. The summed E-state index contributed by atoms with van der Waals surface area (Å²) in [5, 5.41) is 16.7. The number of carbonyl (C=O) groups is 2. The van der Waals surface area contributed by atoms with Crippen LogP contribution in [0.3, 0.4) is 0 Å². The molecule has 0 aliphatic rings. The fraction of sp³-hybridized carbons (Fsp3) is 0.167. The van der Waals surface area contributed by atoms with Crippen LogP contribution in [0.4, 0.5) is 11.4 Å². The molecule has 2 amide bonds. The lowest BCUT2D eigenvalue weighted by Gasteiger charge is -2.14. The number of carbonyl (C=O) groups excluding carboxylic acids is 2. The van der Waals surface area contributed by atoms with Crippen LogP contribution in [0.25, 0.3) is 0 Å². The molecule has 0 radical (unpaired) electrons. The Labute approximate surface area is 180 Å². The third-order valence-corrected chi connectivity index (χ3v) is 4.84. The predicted octanol–water partition coefficient (Wildman–Crippen LogP) is 4.60. The second-order valence-corrected chi connectivity index (χ2v) is 7.20. The molecule has 0 aliphatic carbocycles. The first-order valence-electron chi connectivity index (χ1n) is 9.93. The van der Waals surface area contributed by atoms with Gasteiger partial charge in [0.05, 0.1) is 4.92 Å². The van der Waals surface area contributed by atoms with Crippen LogP contribution in [0.5, 0.6) is 0 Å². The largest absolute Gasteiger partial charge is 0.350 e. The van der Waals surface area contributed by atoms with E-state index in [1.165, 1.54) is 23.8 Å². The van der Waals surface area contributed by atoms with Crippen molar-refractivity contribution in [1.82, 2.24) is 5.32 Å². The van der Waals surface area contributed by atoms with Crippen molar-refractivity contribution in [2.45, 2.75) is 25.8 Å². The number of hydrogen-bond acceptors (Lipinski definition) is 4. The molecule has 0 saturated carbocycles. The van der Waals surface area contributed by atoms with Gasteiger partial charge in [-0.1, -0.05) is 42.5 Å². The summed E-state index contributed by atoms with van der Waals surface area (Å²) in [5.74, 6) is -0.781. The van der Waals surface area contributed by atoms with Crippen LogP contribution in [-0.4, -0.2) is 22.8 Å². The number of para-hydroxylation sites is 1. The Kier molecular flexibility index (Phi) is 7.11. The third kappa shape index (κ3) is 5.99. The Morgan fingerprint density at radius 1 is 0.903 bits per heavy atom. The summed E-state index contributed by atoms with van der Waals surface area (Å²) < 4.78 is 0. The molecule has 3 rings (SSSR count). The highest BCUT2D eigenvalue weighted by atomic mass is 16.6. The Bertz CT molecular complexity index is 1070. The lowest BCUT2D eigenvalue weighted by atomic mass is 10.1. The highest BCUT2D eigenvalue weighted by molar-refractivity contribution is 6.07. The first-order chi connectivity index (χ1) is 14.9. The number of nitro benzene ring substituents is 1. The second kappa shape index (κ2) is 10.2. The fourth-order valence-electron chi connectivity index (χ4n) is 3.14. The highest BCUT2D eigenvalue weighted by Crippen LogP contribution is 2.19. The first-order valence-corrected chi connectivity index (χ1v) is 9.93. The summed E-state index contributed by atoms with van der Waals surface area (Å²) in [6.07, 6.45) is 1.69. The van der Waals surface area contributed by atoms with E-state index < -0.39 is 10.8 Å². The molecular weight excluding hydrogens is 394 g/mol. The molecule has 7 nitrogen and oxygen atoms in total. The number of anilines is 1. The van der Waals surface area contributed by atoms with Gasteiger partial charge in [0.1, 0.15) is 5.56 Å². The van der Waals surface area contributed by atoms with Gasteiger partial charge in [0.2, 0.25) is 0 Å². The Balaban J connectivity index is 1.56. The van der Waals surface area contributed by atoms with Crippen molar-refractivity contribution >= 4 is 23.2 Å². The van der Waals surface area contributed by atoms with Gasteiger partial charge in [-0.25, -0.2) is 0 Å². The van der Waals surface area contributed by atoms with Crippen LogP contribution in [0.2, 0.25) is 0 Å². The molecule has 0 fully saturated rings. The van der Waals surface area contributed by atoms with Gasteiger partial charge in [-0.2, -0.15) is 0 Å². The van der Waals surface area contributed by atoms with Gasteiger partial charge < -0.3 is 10.6 Å². The number of rotatable bonds is 8. The van der Waals surface area contributed by atoms with Crippen molar-refractivity contribution in [2.75, 3.05) is 5.32 Å². The molecule has 0 spiro atoms. The second-order valence-electron chi connectivity index (χ2n) is 7.20. The molecule has 158 valence electrons. The van der Waals surface area contributed by atoms with Crippen LogP contribution in [0.1, 0.15) is 39.6 Å².